The summed E-state index contributed by atoms with van der Waals surface area (Å²) >= 11 is 1.80. The molecule has 146 valence electrons. The zero-order chi connectivity index (χ0) is 19.4. The van der Waals surface area contributed by atoms with E-state index in [1.165, 1.54) is 21.9 Å². The van der Waals surface area contributed by atoms with Crippen molar-refractivity contribution < 1.29 is 18.3 Å². The maximum Gasteiger partial charge on any atom is 0.387 e. The minimum Gasteiger partial charge on any atom is -0.435 e. The summed E-state index contributed by atoms with van der Waals surface area (Å²) in [6.45, 7) is 1.03. The molecular weight excluding hydrogens is 370 g/mol. The molecular formula is C20H24F2N2O2S. The second-order valence-electron chi connectivity index (χ2n) is 6.85. The van der Waals surface area contributed by atoms with Gasteiger partial charge in [0.05, 0.1) is 6.54 Å². The Hall–Kier alpha value is -1.99. The number of amides is 1. The third kappa shape index (κ3) is 5.26. The topological polar surface area (TPSA) is 32.8 Å². The summed E-state index contributed by atoms with van der Waals surface area (Å²) in [7, 11) is 1.77. The second kappa shape index (κ2) is 8.80. The summed E-state index contributed by atoms with van der Waals surface area (Å²) in [5, 5.41) is 0. The molecule has 2 aromatic rings. The van der Waals surface area contributed by atoms with Crippen molar-refractivity contribution in [3.05, 3.63) is 51.7 Å². The van der Waals surface area contributed by atoms with E-state index in [0.29, 0.717) is 19.1 Å². The van der Waals surface area contributed by atoms with Crippen molar-refractivity contribution in [1.29, 1.82) is 0 Å². The average molecular weight is 394 g/mol. The molecule has 0 aliphatic carbocycles. The number of aryl methyl sites for hydroxylation is 1. The molecule has 1 atom stereocenters. The number of rotatable bonds is 7. The van der Waals surface area contributed by atoms with Crippen LogP contribution in [0.15, 0.2) is 36.4 Å². The standard InChI is InChI=1S/C20H24F2N2O2S/c1-14-5-10-18(27-14)17-4-3-11-24(17)13-19(25)23(2)12-15-6-8-16(9-7-15)26-20(21)22/h5-10,17,20H,3-4,11-13H2,1-2H3. The van der Waals surface area contributed by atoms with E-state index in [4.69, 9.17) is 0 Å². The Morgan fingerprint density at radius 3 is 2.67 bits per heavy atom. The van der Waals surface area contributed by atoms with Crippen LogP contribution in [0.2, 0.25) is 0 Å². The summed E-state index contributed by atoms with van der Waals surface area (Å²) in [4.78, 5) is 19.2. The number of hydrogen-bond donors (Lipinski definition) is 0. The van der Waals surface area contributed by atoms with E-state index in [1.807, 2.05) is 0 Å². The third-order valence-corrected chi connectivity index (χ3v) is 5.89. The molecule has 0 bridgehead atoms. The SMILES string of the molecule is Cc1ccc(C2CCCN2CC(=O)N(C)Cc2ccc(OC(F)F)cc2)s1. The average Bonchev–Trinajstić information content (AvgIpc) is 3.24. The van der Waals surface area contributed by atoms with Gasteiger partial charge >= 0.3 is 6.61 Å². The molecule has 1 unspecified atom stereocenters. The van der Waals surface area contributed by atoms with Gasteiger partial charge in [-0.15, -0.1) is 11.3 Å². The minimum absolute atomic E-state index is 0.0584. The number of thiophene rings is 1. The van der Waals surface area contributed by atoms with Crippen LogP contribution in [0.3, 0.4) is 0 Å². The van der Waals surface area contributed by atoms with Gasteiger partial charge in [-0.3, -0.25) is 9.69 Å². The highest BCUT2D eigenvalue weighted by molar-refractivity contribution is 7.12. The van der Waals surface area contributed by atoms with Crippen molar-refractivity contribution in [2.24, 2.45) is 0 Å². The number of carbonyl (C=O) groups excluding carboxylic acids is 1. The molecule has 1 aromatic carbocycles. The largest absolute Gasteiger partial charge is 0.435 e. The number of likely N-dealkylation sites (N-methyl/N-ethyl adjacent to an activating group) is 1. The van der Waals surface area contributed by atoms with Gasteiger partial charge in [-0.05, 0) is 56.1 Å². The molecule has 1 aromatic heterocycles. The van der Waals surface area contributed by atoms with E-state index in [1.54, 1.807) is 35.4 Å². The van der Waals surface area contributed by atoms with Crippen LogP contribution in [0.4, 0.5) is 8.78 Å². The van der Waals surface area contributed by atoms with Gasteiger partial charge in [0.2, 0.25) is 5.91 Å². The summed E-state index contributed by atoms with van der Waals surface area (Å²) in [5.74, 6) is 0.178. The van der Waals surface area contributed by atoms with Gasteiger partial charge in [-0.1, -0.05) is 12.1 Å². The highest BCUT2D eigenvalue weighted by atomic mass is 32.1. The Kier molecular flexibility index (Phi) is 6.44. The van der Waals surface area contributed by atoms with E-state index < -0.39 is 6.61 Å². The van der Waals surface area contributed by atoms with Crippen molar-refractivity contribution >= 4 is 17.2 Å². The van der Waals surface area contributed by atoms with Crippen LogP contribution >= 0.6 is 11.3 Å². The molecule has 1 aliphatic rings. The number of nitrogens with zero attached hydrogens (tertiary/aromatic N) is 2. The lowest BCUT2D eigenvalue weighted by molar-refractivity contribution is -0.131. The predicted octanol–water partition coefficient (Wildman–Crippen LogP) is 4.45. The molecule has 3 rings (SSSR count). The maximum absolute atomic E-state index is 12.7. The number of hydrogen-bond acceptors (Lipinski definition) is 4. The number of carbonyl (C=O) groups is 1. The van der Waals surface area contributed by atoms with E-state index >= 15 is 0 Å². The Morgan fingerprint density at radius 1 is 1.30 bits per heavy atom. The number of halogens is 2. The van der Waals surface area contributed by atoms with Crippen molar-refractivity contribution in [2.75, 3.05) is 20.1 Å². The molecule has 0 N–H and O–H groups in total. The molecule has 1 fully saturated rings. The van der Waals surface area contributed by atoms with Crippen molar-refractivity contribution in [3.8, 4) is 5.75 Å². The quantitative estimate of drug-likeness (QED) is 0.695. The summed E-state index contributed by atoms with van der Waals surface area (Å²) in [5.41, 5.74) is 0.874. The van der Waals surface area contributed by atoms with Crippen LogP contribution in [-0.4, -0.2) is 42.5 Å². The fourth-order valence-corrected chi connectivity index (χ4v) is 4.45. The molecule has 1 amide bonds. The molecule has 0 spiro atoms. The molecule has 1 aliphatic heterocycles. The van der Waals surface area contributed by atoms with Crippen LogP contribution in [-0.2, 0) is 11.3 Å². The van der Waals surface area contributed by atoms with Crippen LogP contribution in [0.25, 0.3) is 0 Å². The minimum atomic E-state index is -2.83. The van der Waals surface area contributed by atoms with Gasteiger partial charge in [-0.2, -0.15) is 8.78 Å². The molecule has 7 heteroatoms. The van der Waals surface area contributed by atoms with Crippen LogP contribution in [0.1, 0.15) is 34.2 Å². The second-order valence-corrected chi connectivity index (χ2v) is 8.17. The molecule has 0 saturated carbocycles. The lowest BCUT2D eigenvalue weighted by Gasteiger charge is -2.26. The Morgan fingerprint density at radius 2 is 2.04 bits per heavy atom. The number of likely N-dealkylation sites (tertiary alicyclic amines) is 1. The maximum atomic E-state index is 12.7. The lowest BCUT2D eigenvalue weighted by Crippen LogP contribution is -2.37. The van der Waals surface area contributed by atoms with Crippen LogP contribution in [0, 0.1) is 6.92 Å². The van der Waals surface area contributed by atoms with Gasteiger partial charge in [0.25, 0.3) is 0 Å². The normalized spacial score (nSPS) is 17.4. The van der Waals surface area contributed by atoms with E-state index in [0.717, 1.165) is 24.9 Å². The van der Waals surface area contributed by atoms with Gasteiger partial charge in [0.1, 0.15) is 5.75 Å². The smallest absolute Gasteiger partial charge is 0.387 e. The van der Waals surface area contributed by atoms with E-state index in [2.05, 4.69) is 28.7 Å². The third-order valence-electron chi connectivity index (χ3n) is 4.79. The predicted molar refractivity (Wildman–Crippen MR) is 102 cm³/mol. The summed E-state index contributed by atoms with van der Waals surface area (Å²) in [6, 6.07) is 11.0. The number of ether oxygens (including phenoxy) is 1. The zero-order valence-corrected chi connectivity index (χ0v) is 16.3. The number of benzene rings is 1. The first kappa shape index (κ1) is 19.8. The monoisotopic (exact) mass is 394 g/mol. The summed E-state index contributed by atoms with van der Waals surface area (Å²) < 4.78 is 28.8. The fraction of sp³-hybridized carbons (Fsp3) is 0.450. The number of alkyl halides is 2. The van der Waals surface area contributed by atoms with Crippen LogP contribution < -0.4 is 4.74 Å². The Labute approximate surface area is 162 Å². The van der Waals surface area contributed by atoms with Gasteiger partial charge in [0.15, 0.2) is 0 Å². The van der Waals surface area contributed by atoms with Gasteiger partial charge in [-0.25, -0.2) is 0 Å². The first-order valence-corrected chi connectivity index (χ1v) is 9.82. The Bertz CT molecular complexity index is 764. The molecule has 27 heavy (non-hydrogen) atoms. The molecule has 2 heterocycles. The molecule has 1 saturated heterocycles. The lowest BCUT2D eigenvalue weighted by atomic mass is 10.2. The molecule has 0 radical (unpaired) electrons. The van der Waals surface area contributed by atoms with Crippen molar-refractivity contribution in [3.63, 3.8) is 0 Å². The van der Waals surface area contributed by atoms with Crippen LogP contribution in [0.5, 0.6) is 5.75 Å². The highest BCUT2D eigenvalue weighted by Crippen LogP contribution is 2.35. The first-order valence-electron chi connectivity index (χ1n) is 9.00. The van der Waals surface area contributed by atoms with Crippen molar-refractivity contribution in [2.45, 2.75) is 39.0 Å². The zero-order valence-electron chi connectivity index (χ0n) is 15.5. The van der Waals surface area contributed by atoms with E-state index in [-0.39, 0.29) is 11.7 Å². The van der Waals surface area contributed by atoms with Crippen molar-refractivity contribution in [1.82, 2.24) is 9.80 Å². The van der Waals surface area contributed by atoms with Gasteiger partial charge in [0, 0.05) is 29.4 Å². The fourth-order valence-electron chi connectivity index (χ4n) is 3.40. The highest BCUT2D eigenvalue weighted by Gasteiger charge is 2.29. The van der Waals surface area contributed by atoms with Gasteiger partial charge < -0.3 is 9.64 Å². The first-order chi connectivity index (χ1) is 12.9. The van der Waals surface area contributed by atoms with E-state index in [9.17, 15) is 13.6 Å². The Balaban J connectivity index is 1.55. The molecule has 4 nitrogen and oxygen atoms in total. The summed E-state index contributed by atoms with van der Waals surface area (Å²) in [6.07, 6.45) is 2.19.